The summed E-state index contributed by atoms with van der Waals surface area (Å²) in [5, 5.41) is 0. The number of allylic oxidation sites excluding steroid dienone is 16. The lowest BCUT2D eigenvalue weighted by atomic mass is 10.1. The fraction of sp³-hybridized carbons (Fsp3) is 0.620. The van der Waals surface area contributed by atoms with Gasteiger partial charge in [-0.05, 0) is 51.4 Å². The van der Waals surface area contributed by atoms with Crippen LogP contribution < -0.4 is 0 Å². The Hall–Kier alpha value is -3.67. The molecular formula is C50H80O6. The Kier molecular flexibility index (Phi) is 41.2. The Morgan fingerprint density at radius 1 is 0.375 bits per heavy atom. The van der Waals surface area contributed by atoms with Gasteiger partial charge < -0.3 is 14.2 Å². The van der Waals surface area contributed by atoms with E-state index in [1.807, 2.05) is 54.7 Å². The number of rotatable bonds is 38. The zero-order valence-corrected chi connectivity index (χ0v) is 35.9. The van der Waals surface area contributed by atoms with E-state index in [1.54, 1.807) is 0 Å². The maximum absolute atomic E-state index is 12.7. The van der Waals surface area contributed by atoms with E-state index in [1.165, 1.54) is 70.6 Å². The molecule has 1 unspecified atom stereocenters. The molecule has 0 radical (unpaired) electrons. The summed E-state index contributed by atoms with van der Waals surface area (Å²) in [6.45, 7) is 6.25. The van der Waals surface area contributed by atoms with E-state index >= 15 is 0 Å². The molecule has 0 N–H and O–H groups in total. The van der Waals surface area contributed by atoms with Crippen LogP contribution in [0.5, 0.6) is 0 Å². The van der Waals surface area contributed by atoms with E-state index < -0.39 is 6.10 Å². The van der Waals surface area contributed by atoms with Crippen molar-refractivity contribution < 1.29 is 28.6 Å². The maximum Gasteiger partial charge on any atom is 0.306 e. The molecule has 56 heavy (non-hydrogen) atoms. The molecule has 0 saturated carbocycles. The van der Waals surface area contributed by atoms with Crippen LogP contribution >= 0.6 is 0 Å². The van der Waals surface area contributed by atoms with E-state index in [2.05, 4.69) is 63.3 Å². The summed E-state index contributed by atoms with van der Waals surface area (Å²) < 4.78 is 16.6. The van der Waals surface area contributed by atoms with Crippen LogP contribution in [0.15, 0.2) is 97.2 Å². The fourth-order valence-electron chi connectivity index (χ4n) is 5.71. The highest BCUT2D eigenvalue weighted by atomic mass is 16.6. The third kappa shape index (κ3) is 41.5. The van der Waals surface area contributed by atoms with Crippen molar-refractivity contribution in [3.63, 3.8) is 0 Å². The van der Waals surface area contributed by atoms with Crippen LogP contribution in [0, 0.1) is 0 Å². The first kappa shape index (κ1) is 52.3. The van der Waals surface area contributed by atoms with Crippen molar-refractivity contribution in [3.05, 3.63) is 97.2 Å². The molecule has 6 nitrogen and oxygen atoms in total. The second-order valence-electron chi connectivity index (χ2n) is 14.4. The molecule has 0 aliphatic heterocycles. The van der Waals surface area contributed by atoms with Crippen LogP contribution in [0.1, 0.15) is 181 Å². The third-order valence-corrected chi connectivity index (χ3v) is 9.02. The fourth-order valence-corrected chi connectivity index (χ4v) is 5.71. The van der Waals surface area contributed by atoms with Crippen LogP contribution in [0.2, 0.25) is 0 Å². The van der Waals surface area contributed by atoms with E-state index in [9.17, 15) is 14.4 Å². The predicted octanol–water partition coefficient (Wildman–Crippen LogP) is 14.2. The van der Waals surface area contributed by atoms with Crippen LogP contribution in [0.4, 0.5) is 0 Å². The minimum atomic E-state index is -0.816. The third-order valence-electron chi connectivity index (χ3n) is 9.02. The van der Waals surface area contributed by atoms with Crippen molar-refractivity contribution in [1.82, 2.24) is 0 Å². The highest BCUT2D eigenvalue weighted by Gasteiger charge is 2.19. The van der Waals surface area contributed by atoms with Crippen molar-refractivity contribution in [2.45, 2.75) is 187 Å². The van der Waals surface area contributed by atoms with Gasteiger partial charge in [-0.1, -0.05) is 208 Å². The van der Waals surface area contributed by atoms with Gasteiger partial charge >= 0.3 is 17.9 Å². The SMILES string of the molecule is CC\C=C/C=C\C=C/C=C\C=C/CCCC(=O)OC(COC(=O)CCCCCCCCC\C=C/C=C\C=C/CC)COC(=O)CCCCCCCCCCCC. The van der Waals surface area contributed by atoms with Gasteiger partial charge in [-0.15, -0.1) is 0 Å². The first-order chi connectivity index (χ1) is 27.5. The van der Waals surface area contributed by atoms with Crippen molar-refractivity contribution in [1.29, 1.82) is 0 Å². The van der Waals surface area contributed by atoms with Crippen molar-refractivity contribution in [3.8, 4) is 0 Å². The van der Waals surface area contributed by atoms with Crippen LogP contribution in [0.3, 0.4) is 0 Å². The molecule has 0 amide bonds. The first-order valence-corrected chi connectivity index (χ1v) is 22.3. The molecule has 0 heterocycles. The van der Waals surface area contributed by atoms with Gasteiger partial charge in [-0.25, -0.2) is 0 Å². The molecule has 6 heteroatoms. The van der Waals surface area contributed by atoms with Gasteiger partial charge in [0, 0.05) is 19.3 Å². The average Bonchev–Trinajstić information content (AvgIpc) is 3.19. The number of esters is 3. The summed E-state index contributed by atoms with van der Waals surface area (Å²) in [4.78, 5) is 37.7. The molecule has 0 aliphatic carbocycles. The standard InChI is InChI=1S/C50H80O6/c1-4-7-10-13-16-19-22-24-25-27-28-31-34-37-40-43-49(52)55-46-47(45-54-48(51)42-39-36-33-30-21-18-15-12-9-6-3)56-50(53)44-41-38-35-32-29-26-23-20-17-14-11-8-5-2/h7-8,10-11,13-14,16-17,19-20,22-23,26,29,32,35,47H,4-6,9,12,15,18,21,24-25,27-28,30-31,33-34,36-46H2,1-3H3/b10-7-,11-8-,16-13-,17-14-,22-19-,23-20-,29-26-,35-32-. The summed E-state index contributed by atoms with van der Waals surface area (Å²) in [6, 6.07) is 0. The number of unbranched alkanes of at least 4 members (excludes halogenated alkanes) is 17. The summed E-state index contributed by atoms with van der Waals surface area (Å²) in [5.74, 6) is -1.01. The first-order valence-electron chi connectivity index (χ1n) is 22.3. The Morgan fingerprint density at radius 2 is 0.714 bits per heavy atom. The van der Waals surface area contributed by atoms with Gasteiger partial charge in [0.2, 0.25) is 0 Å². The summed E-state index contributed by atoms with van der Waals surface area (Å²) in [5.41, 5.74) is 0. The second-order valence-corrected chi connectivity index (χ2v) is 14.4. The largest absolute Gasteiger partial charge is 0.462 e. The predicted molar refractivity (Wildman–Crippen MR) is 237 cm³/mol. The quantitative estimate of drug-likeness (QED) is 0.0269. The topological polar surface area (TPSA) is 78.9 Å². The Bertz CT molecular complexity index is 1170. The molecule has 0 spiro atoms. The summed E-state index contributed by atoms with van der Waals surface area (Å²) in [6.07, 6.45) is 56.8. The normalized spacial score (nSPS) is 13.0. The van der Waals surface area contributed by atoms with E-state index in [-0.39, 0.29) is 37.5 Å². The zero-order valence-electron chi connectivity index (χ0n) is 35.9. The van der Waals surface area contributed by atoms with Gasteiger partial charge in [-0.3, -0.25) is 14.4 Å². The Balaban J connectivity index is 4.52. The highest BCUT2D eigenvalue weighted by Crippen LogP contribution is 2.13. The van der Waals surface area contributed by atoms with Crippen molar-refractivity contribution in [2.75, 3.05) is 13.2 Å². The van der Waals surface area contributed by atoms with Gasteiger partial charge in [0.05, 0.1) is 0 Å². The number of carbonyl (C=O) groups excluding carboxylic acids is 3. The highest BCUT2D eigenvalue weighted by molar-refractivity contribution is 5.71. The number of ether oxygens (including phenoxy) is 3. The Labute approximate surface area is 343 Å². The molecule has 0 aromatic carbocycles. The molecular weight excluding hydrogens is 697 g/mol. The monoisotopic (exact) mass is 777 g/mol. The molecule has 0 bridgehead atoms. The molecule has 316 valence electrons. The lowest BCUT2D eigenvalue weighted by Gasteiger charge is -2.18. The van der Waals surface area contributed by atoms with Crippen LogP contribution in [0.25, 0.3) is 0 Å². The number of carbonyl (C=O) groups is 3. The molecule has 0 fully saturated rings. The van der Waals surface area contributed by atoms with Crippen LogP contribution in [-0.4, -0.2) is 37.2 Å². The number of hydrogen-bond donors (Lipinski definition) is 0. The second kappa shape index (κ2) is 44.0. The van der Waals surface area contributed by atoms with Gasteiger partial charge in [0.1, 0.15) is 13.2 Å². The molecule has 0 aromatic heterocycles. The maximum atomic E-state index is 12.7. The van der Waals surface area contributed by atoms with Crippen molar-refractivity contribution >= 4 is 17.9 Å². The van der Waals surface area contributed by atoms with E-state index in [4.69, 9.17) is 14.2 Å². The van der Waals surface area contributed by atoms with Crippen LogP contribution in [-0.2, 0) is 28.6 Å². The van der Waals surface area contributed by atoms with Gasteiger partial charge in [0.15, 0.2) is 6.10 Å². The van der Waals surface area contributed by atoms with E-state index in [0.717, 1.165) is 64.2 Å². The van der Waals surface area contributed by atoms with E-state index in [0.29, 0.717) is 19.3 Å². The van der Waals surface area contributed by atoms with Gasteiger partial charge in [0.25, 0.3) is 0 Å². The molecule has 1 atom stereocenters. The molecule has 0 aliphatic rings. The minimum Gasteiger partial charge on any atom is -0.462 e. The minimum absolute atomic E-state index is 0.110. The summed E-state index contributed by atoms with van der Waals surface area (Å²) in [7, 11) is 0. The van der Waals surface area contributed by atoms with Crippen molar-refractivity contribution in [2.24, 2.45) is 0 Å². The summed E-state index contributed by atoms with van der Waals surface area (Å²) >= 11 is 0. The van der Waals surface area contributed by atoms with Gasteiger partial charge in [-0.2, -0.15) is 0 Å². The molecule has 0 rings (SSSR count). The zero-order chi connectivity index (χ0) is 40.8. The number of hydrogen-bond acceptors (Lipinski definition) is 6. The molecule has 0 aromatic rings. The molecule has 0 saturated heterocycles. The lowest BCUT2D eigenvalue weighted by Crippen LogP contribution is -2.30. The average molecular weight is 777 g/mol. The smallest absolute Gasteiger partial charge is 0.306 e. The lowest BCUT2D eigenvalue weighted by molar-refractivity contribution is -0.167. The Morgan fingerprint density at radius 3 is 1.14 bits per heavy atom.